The van der Waals surface area contributed by atoms with Gasteiger partial charge in [-0.2, -0.15) is 0 Å². The summed E-state index contributed by atoms with van der Waals surface area (Å²) in [5.41, 5.74) is 2.27. The van der Waals surface area contributed by atoms with Crippen molar-refractivity contribution in [3.8, 4) is 11.5 Å². The average molecular weight is 573 g/mol. The fourth-order valence-corrected chi connectivity index (χ4v) is 4.47. The van der Waals surface area contributed by atoms with Gasteiger partial charge < -0.3 is 9.47 Å². The van der Waals surface area contributed by atoms with Gasteiger partial charge in [0, 0.05) is 21.2 Å². The normalized spacial score (nSPS) is 14.3. The van der Waals surface area contributed by atoms with Crippen LogP contribution >= 0.6 is 23.2 Å². The molecule has 4 aromatic carbocycles. The standard InChI is InChI=1S/C31H22Cl2N2O5/c32-23-11-10-22(27(33)17-23)19-40-28-9-5-4-8-21(28)16-26-29(36)34-31(38)35(30(26)37)24-12-14-25(15-13-24)39-18-20-6-2-1-3-7-20/h1-17H,18-19H2,(H,34,36,38)/b26-16+. The number of nitrogens with one attached hydrogen (secondary N) is 1. The zero-order chi connectivity index (χ0) is 28.1. The van der Waals surface area contributed by atoms with Gasteiger partial charge in [-0.25, -0.2) is 9.69 Å². The van der Waals surface area contributed by atoms with E-state index >= 15 is 0 Å². The van der Waals surface area contributed by atoms with Gasteiger partial charge in [0.25, 0.3) is 11.8 Å². The lowest BCUT2D eigenvalue weighted by Crippen LogP contribution is -2.54. The molecule has 0 radical (unpaired) electrons. The first kappa shape index (κ1) is 27.0. The molecule has 0 saturated carbocycles. The van der Waals surface area contributed by atoms with Gasteiger partial charge in [0.1, 0.15) is 30.3 Å². The van der Waals surface area contributed by atoms with Gasteiger partial charge in [-0.1, -0.05) is 77.8 Å². The van der Waals surface area contributed by atoms with E-state index in [0.29, 0.717) is 39.3 Å². The Bertz CT molecular complexity index is 1600. The molecule has 200 valence electrons. The SMILES string of the molecule is O=C1NC(=O)N(c2ccc(OCc3ccccc3)cc2)C(=O)/C1=C/c1ccccc1OCc1ccc(Cl)cc1Cl. The molecule has 1 N–H and O–H groups in total. The maximum Gasteiger partial charge on any atom is 0.335 e. The number of ether oxygens (including phenoxy) is 2. The number of rotatable bonds is 8. The molecule has 7 nitrogen and oxygen atoms in total. The largest absolute Gasteiger partial charge is 0.489 e. The molecule has 4 aromatic rings. The lowest BCUT2D eigenvalue weighted by atomic mass is 10.1. The van der Waals surface area contributed by atoms with Crippen LogP contribution in [-0.2, 0) is 22.8 Å². The number of hydrogen-bond acceptors (Lipinski definition) is 5. The van der Waals surface area contributed by atoms with E-state index in [1.54, 1.807) is 66.7 Å². The summed E-state index contributed by atoms with van der Waals surface area (Å²) in [6.07, 6.45) is 1.40. The van der Waals surface area contributed by atoms with Crippen LogP contribution in [0.4, 0.5) is 10.5 Å². The minimum atomic E-state index is -0.841. The second-order valence-electron chi connectivity index (χ2n) is 8.79. The summed E-state index contributed by atoms with van der Waals surface area (Å²) >= 11 is 12.2. The van der Waals surface area contributed by atoms with E-state index in [2.05, 4.69) is 5.32 Å². The summed E-state index contributed by atoms with van der Waals surface area (Å²) < 4.78 is 11.7. The molecule has 1 saturated heterocycles. The Morgan fingerprint density at radius 2 is 1.50 bits per heavy atom. The van der Waals surface area contributed by atoms with E-state index < -0.39 is 17.8 Å². The predicted octanol–water partition coefficient (Wildman–Crippen LogP) is 6.82. The number of para-hydroxylation sites is 1. The number of benzene rings is 4. The van der Waals surface area contributed by atoms with Gasteiger partial charge >= 0.3 is 6.03 Å². The maximum absolute atomic E-state index is 13.4. The molecule has 0 aromatic heterocycles. The molecule has 0 aliphatic carbocycles. The molecule has 5 rings (SSSR count). The Labute approximate surface area is 240 Å². The number of urea groups is 1. The zero-order valence-corrected chi connectivity index (χ0v) is 22.5. The molecule has 1 fully saturated rings. The number of amides is 4. The molecule has 0 spiro atoms. The highest BCUT2D eigenvalue weighted by molar-refractivity contribution is 6.39. The Balaban J connectivity index is 1.34. The van der Waals surface area contributed by atoms with E-state index in [9.17, 15) is 14.4 Å². The number of barbiturate groups is 1. The highest BCUT2D eigenvalue weighted by Crippen LogP contribution is 2.28. The van der Waals surface area contributed by atoms with E-state index in [1.165, 1.54) is 6.08 Å². The van der Waals surface area contributed by atoms with Crippen LogP contribution in [0.5, 0.6) is 11.5 Å². The Morgan fingerprint density at radius 1 is 0.775 bits per heavy atom. The summed E-state index contributed by atoms with van der Waals surface area (Å²) in [5, 5.41) is 3.20. The summed E-state index contributed by atoms with van der Waals surface area (Å²) in [5.74, 6) is -0.576. The Morgan fingerprint density at radius 3 is 2.25 bits per heavy atom. The highest BCUT2D eigenvalue weighted by Gasteiger charge is 2.37. The van der Waals surface area contributed by atoms with Crippen LogP contribution in [0.25, 0.3) is 6.08 Å². The quantitative estimate of drug-likeness (QED) is 0.185. The van der Waals surface area contributed by atoms with Gasteiger partial charge in [0.2, 0.25) is 0 Å². The topological polar surface area (TPSA) is 84.9 Å². The van der Waals surface area contributed by atoms with Crippen molar-refractivity contribution >= 4 is 52.8 Å². The maximum atomic E-state index is 13.4. The summed E-state index contributed by atoms with van der Waals surface area (Å²) in [6, 6.07) is 27.3. The minimum absolute atomic E-state index is 0.139. The third kappa shape index (κ3) is 6.17. The van der Waals surface area contributed by atoms with Gasteiger partial charge in [0.15, 0.2) is 0 Å². The summed E-state index contributed by atoms with van der Waals surface area (Å²) in [4.78, 5) is 39.7. The third-order valence-corrected chi connectivity index (χ3v) is 6.65. The molecule has 0 atom stereocenters. The van der Waals surface area contributed by atoms with E-state index in [4.69, 9.17) is 32.7 Å². The van der Waals surface area contributed by atoms with Gasteiger partial charge in [-0.3, -0.25) is 14.9 Å². The Hall–Kier alpha value is -4.59. The average Bonchev–Trinajstić information content (AvgIpc) is 2.95. The number of halogens is 2. The monoisotopic (exact) mass is 572 g/mol. The molecular formula is C31H22Cl2N2O5. The van der Waals surface area contributed by atoms with Crippen molar-refractivity contribution in [3.05, 3.63) is 129 Å². The molecule has 0 unspecified atom stereocenters. The fraction of sp³-hybridized carbons (Fsp3) is 0.0645. The van der Waals surface area contributed by atoms with Crippen molar-refractivity contribution in [1.82, 2.24) is 5.32 Å². The van der Waals surface area contributed by atoms with Crippen molar-refractivity contribution in [2.75, 3.05) is 4.90 Å². The van der Waals surface area contributed by atoms with Crippen molar-refractivity contribution < 1.29 is 23.9 Å². The van der Waals surface area contributed by atoms with Crippen LogP contribution in [0.2, 0.25) is 10.0 Å². The number of nitrogens with zero attached hydrogens (tertiary/aromatic N) is 1. The van der Waals surface area contributed by atoms with Crippen molar-refractivity contribution in [3.63, 3.8) is 0 Å². The second-order valence-corrected chi connectivity index (χ2v) is 9.63. The number of hydrogen-bond donors (Lipinski definition) is 1. The van der Waals surface area contributed by atoms with E-state index in [-0.39, 0.29) is 17.9 Å². The smallest absolute Gasteiger partial charge is 0.335 e. The highest BCUT2D eigenvalue weighted by atomic mass is 35.5. The van der Waals surface area contributed by atoms with E-state index in [0.717, 1.165) is 10.5 Å². The fourth-order valence-electron chi connectivity index (χ4n) is 4.01. The molecule has 1 aliphatic heterocycles. The van der Waals surface area contributed by atoms with Gasteiger partial charge in [-0.05, 0) is 54.1 Å². The number of carbonyl (C=O) groups is 3. The first-order valence-electron chi connectivity index (χ1n) is 12.2. The summed E-state index contributed by atoms with van der Waals surface area (Å²) in [7, 11) is 0. The van der Waals surface area contributed by atoms with Crippen molar-refractivity contribution in [2.45, 2.75) is 13.2 Å². The lowest BCUT2D eigenvalue weighted by molar-refractivity contribution is -0.122. The van der Waals surface area contributed by atoms with Gasteiger partial charge in [0.05, 0.1) is 5.69 Å². The number of imide groups is 2. The molecule has 9 heteroatoms. The third-order valence-electron chi connectivity index (χ3n) is 6.06. The van der Waals surface area contributed by atoms with Crippen LogP contribution in [0.15, 0.2) is 103 Å². The lowest BCUT2D eigenvalue weighted by Gasteiger charge is -2.26. The van der Waals surface area contributed by atoms with Gasteiger partial charge in [-0.15, -0.1) is 0 Å². The predicted molar refractivity (Wildman–Crippen MR) is 153 cm³/mol. The van der Waals surface area contributed by atoms with Crippen molar-refractivity contribution in [2.24, 2.45) is 0 Å². The molecule has 1 aliphatic rings. The van der Waals surface area contributed by atoms with E-state index in [1.807, 2.05) is 30.3 Å². The number of carbonyl (C=O) groups excluding carboxylic acids is 3. The number of anilines is 1. The van der Waals surface area contributed by atoms with Crippen LogP contribution < -0.4 is 19.7 Å². The Kier molecular flexibility index (Phi) is 8.15. The zero-order valence-electron chi connectivity index (χ0n) is 21.0. The minimum Gasteiger partial charge on any atom is -0.489 e. The first-order valence-corrected chi connectivity index (χ1v) is 13.0. The van der Waals surface area contributed by atoms with Crippen LogP contribution in [-0.4, -0.2) is 17.8 Å². The molecule has 0 bridgehead atoms. The molecule has 4 amide bonds. The molecule has 40 heavy (non-hydrogen) atoms. The molecular weight excluding hydrogens is 551 g/mol. The molecule has 1 heterocycles. The summed E-state index contributed by atoms with van der Waals surface area (Å²) in [6.45, 7) is 0.510. The second kappa shape index (κ2) is 12.1. The first-order chi connectivity index (χ1) is 19.4. The van der Waals surface area contributed by atoms with Crippen LogP contribution in [0, 0.1) is 0 Å². The van der Waals surface area contributed by atoms with Crippen molar-refractivity contribution in [1.29, 1.82) is 0 Å². The van der Waals surface area contributed by atoms with Crippen LogP contribution in [0.3, 0.4) is 0 Å². The van der Waals surface area contributed by atoms with Crippen LogP contribution in [0.1, 0.15) is 16.7 Å².